The third-order valence-corrected chi connectivity index (χ3v) is 5.97. The molecule has 2 aromatic rings. The van der Waals surface area contributed by atoms with Crippen LogP contribution >= 0.6 is 0 Å². The molecule has 0 bridgehead atoms. The summed E-state index contributed by atoms with van der Waals surface area (Å²) < 4.78 is 5.39. The number of anilines is 1. The molecule has 4 rings (SSSR count). The molecule has 5 heteroatoms. The Bertz CT molecular complexity index is 1100. The van der Waals surface area contributed by atoms with Crippen molar-refractivity contribution < 1.29 is 14.3 Å². The zero-order valence-electron chi connectivity index (χ0n) is 18.4. The minimum atomic E-state index is -0.407. The van der Waals surface area contributed by atoms with Gasteiger partial charge in [0.15, 0.2) is 5.78 Å². The minimum absolute atomic E-state index is 0.0997. The zero-order valence-corrected chi connectivity index (χ0v) is 18.4. The van der Waals surface area contributed by atoms with Crippen LogP contribution in [0.2, 0.25) is 0 Å². The number of methoxy groups -OCH3 is 1. The molecule has 0 spiro atoms. The minimum Gasteiger partial charge on any atom is -0.495 e. The molecule has 31 heavy (non-hydrogen) atoms. The number of ether oxygens (including phenoxy) is 1. The van der Waals surface area contributed by atoms with Gasteiger partial charge in [-0.15, -0.1) is 0 Å². The Morgan fingerprint density at radius 2 is 1.74 bits per heavy atom. The number of rotatable bonds is 4. The summed E-state index contributed by atoms with van der Waals surface area (Å²) in [5.41, 5.74) is 4.39. The number of ketones is 1. The number of allylic oxidation sites excluding steroid dienone is 3. The lowest BCUT2D eigenvalue weighted by Crippen LogP contribution is -2.39. The van der Waals surface area contributed by atoms with Gasteiger partial charge in [-0.2, -0.15) is 0 Å². The van der Waals surface area contributed by atoms with Gasteiger partial charge in [0, 0.05) is 34.9 Å². The Labute approximate surface area is 183 Å². The van der Waals surface area contributed by atoms with Crippen molar-refractivity contribution in [2.45, 2.75) is 39.5 Å². The Morgan fingerprint density at radius 3 is 2.45 bits per heavy atom. The van der Waals surface area contributed by atoms with E-state index in [4.69, 9.17) is 4.74 Å². The van der Waals surface area contributed by atoms with Crippen molar-refractivity contribution in [2.24, 2.45) is 5.41 Å². The number of carbonyl (C=O) groups excluding carboxylic acids is 2. The summed E-state index contributed by atoms with van der Waals surface area (Å²) in [6.45, 7) is 6.12. The van der Waals surface area contributed by atoms with E-state index in [1.54, 1.807) is 19.2 Å². The van der Waals surface area contributed by atoms with Crippen molar-refractivity contribution in [1.82, 2.24) is 5.32 Å². The second-order valence-electron chi connectivity index (χ2n) is 8.99. The Kier molecular flexibility index (Phi) is 5.44. The van der Waals surface area contributed by atoms with E-state index in [0.717, 1.165) is 23.4 Å². The van der Waals surface area contributed by atoms with Crippen LogP contribution < -0.4 is 15.4 Å². The van der Waals surface area contributed by atoms with Crippen molar-refractivity contribution in [3.63, 3.8) is 0 Å². The molecule has 160 valence electrons. The Morgan fingerprint density at radius 1 is 1.06 bits per heavy atom. The van der Waals surface area contributed by atoms with Crippen LogP contribution in [-0.2, 0) is 9.59 Å². The zero-order chi connectivity index (χ0) is 22.2. The number of benzene rings is 2. The molecular weight excluding hydrogens is 388 g/mol. The fourth-order valence-electron chi connectivity index (χ4n) is 4.65. The van der Waals surface area contributed by atoms with Crippen LogP contribution in [0, 0.1) is 5.41 Å². The maximum atomic E-state index is 13.5. The van der Waals surface area contributed by atoms with E-state index in [2.05, 4.69) is 24.5 Å². The maximum absolute atomic E-state index is 13.5. The number of carbonyl (C=O) groups is 2. The molecule has 0 saturated heterocycles. The standard InChI is InChI=1S/C26H28N2O3/c1-16-22(25(30)28-18-12-8-9-13-21(18)31-4)23(17-10-6-5-7-11-17)24-19(27-16)14-26(2,3)15-20(24)29/h5-13,23,27H,14-15H2,1-4H3,(H,28,30). The first kappa shape index (κ1) is 20.9. The SMILES string of the molecule is COc1ccccc1NC(=O)C1=C(C)NC2=C(C(=O)CC(C)(C)C2)C1c1ccccc1. The molecule has 1 heterocycles. The number of dihydropyridines is 1. The summed E-state index contributed by atoms with van der Waals surface area (Å²) >= 11 is 0. The molecule has 0 aromatic heterocycles. The highest BCUT2D eigenvalue weighted by atomic mass is 16.5. The van der Waals surface area contributed by atoms with E-state index in [0.29, 0.717) is 29.0 Å². The van der Waals surface area contributed by atoms with Crippen LogP contribution in [0.3, 0.4) is 0 Å². The maximum Gasteiger partial charge on any atom is 0.254 e. The highest BCUT2D eigenvalue weighted by Crippen LogP contribution is 2.46. The first-order valence-electron chi connectivity index (χ1n) is 10.5. The van der Waals surface area contributed by atoms with Gasteiger partial charge in [-0.1, -0.05) is 56.3 Å². The van der Waals surface area contributed by atoms with Crippen molar-refractivity contribution >= 4 is 17.4 Å². The molecule has 1 aliphatic carbocycles. The summed E-state index contributed by atoms with van der Waals surface area (Å²) in [5, 5.41) is 6.39. The molecule has 2 aliphatic rings. The number of para-hydroxylation sites is 2. The van der Waals surface area contributed by atoms with Gasteiger partial charge in [0.1, 0.15) is 5.75 Å². The van der Waals surface area contributed by atoms with Crippen LogP contribution in [0.15, 0.2) is 77.1 Å². The van der Waals surface area contributed by atoms with Crippen molar-refractivity contribution in [3.8, 4) is 5.75 Å². The number of Topliss-reactive ketones (excluding diaryl/α,β-unsaturated/α-hetero) is 1. The van der Waals surface area contributed by atoms with Crippen molar-refractivity contribution in [1.29, 1.82) is 0 Å². The number of hydrogen-bond acceptors (Lipinski definition) is 4. The summed E-state index contributed by atoms with van der Waals surface area (Å²) in [7, 11) is 1.57. The number of hydrogen-bond donors (Lipinski definition) is 2. The van der Waals surface area contributed by atoms with E-state index in [1.807, 2.05) is 49.4 Å². The molecule has 0 saturated carbocycles. The molecule has 2 aromatic carbocycles. The summed E-state index contributed by atoms with van der Waals surface area (Å²) in [4.78, 5) is 26.8. The summed E-state index contributed by atoms with van der Waals surface area (Å²) in [6, 6.07) is 17.1. The van der Waals surface area contributed by atoms with Crippen molar-refractivity contribution in [3.05, 3.63) is 82.7 Å². The van der Waals surface area contributed by atoms with Gasteiger partial charge >= 0.3 is 0 Å². The van der Waals surface area contributed by atoms with Crippen molar-refractivity contribution in [2.75, 3.05) is 12.4 Å². The fourth-order valence-corrected chi connectivity index (χ4v) is 4.65. The lowest BCUT2D eigenvalue weighted by atomic mass is 9.68. The average Bonchev–Trinajstić information content (AvgIpc) is 2.72. The third-order valence-electron chi connectivity index (χ3n) is 5.97. The number of nitrogens with one attached hydrogen (secondary N) is 2. The second kappa shape index (κ2) is 8.06. The number of amides is 1. The monoisotopic (exact) mass is 416 g/mol. The van der Waals surface area contributed by atoms with Gasteiger partial charge in [0.25, 0.3) is 5.91 Å². The first-order chi connectivity index (χ1) is 14.8. The Hall–Kier alpha value is -3.34. The van der Waals surface area contributed by atoms with Crippen LogP contribution in [0.4, 0.5) is 5.69 Å². The molecule has 1 atom stereocenters. The predicted molar refractivity (Wildman–Crippen MR) is 122 cm³/mol. The van der Waals surface area contributed by atoms with Gasteiger partial charge in [-0.3, -0.25) is 9.59 Å². The highest BCUT2D eigenvalue weighted by Gasteiger charge is 2.42. The van der Waals surface area contributed by atoms with E-state index in [-0.39, 0.29) is 17.1 Å². The Balaban J connectivity index is 1.79. The summed E-state index contributed by atoms with van der Waals surface area (Å²) in [5.74, 6) is 0.0375. The average molecular weight is 417 g/mol. The van der Waals surface area contributed by atoms with Gasteiger partial charge in [0.2, 0.25) is 0 Å². The van der Waals surface area contributed by atoms with E-state index >= 15 is 0 Å². The van der Waals surface area contributed by atoms with Crippen LogP contribution in [0.1, 0.15) is 45.1 Å². The molecule has 1 amide bonds. The van der Waals surface area contributed by atoms with E-state index in [1.165, 1.54) is 0 Å². The smallest absolute Gasteiger partial charge is 0.254 e. The summed E-state index contributed by atoms with van der Waals surface area (Å²) in [6.07, 6.45) is 1.24. The topological polar surface area (TPSA) is 67.4 Å². The lowest BCUT2D eigenvalue weighted by Gasteiger charge is -2.39. The first-order valence-corrected chi connectivity index (χ1v) is 10.5. The van der Waals surface area contributed by atoms with E-state index in [9.17, 15) is 9.59 Å². The molecule has 1 aliphatic heterocycles. The third kappa shape index (κ3) is 4.00. The van der Waals surface area contributed by atoms with Crippen LogP contribution in [0.5, 0.6) is 5.75 Å². The molecule has 0 radical (unpaired) electrons. The second-order valence-corrected chi connectivity index (χ2v) is 8.99. The van der Waals surface area contributed by atoms with E-state index < -0.39 is 5.92 Å². The molecule has 1 unspecified atom stereocenters. The molecule has 5 nitrogen and oxygen atoms in total. The van der Waals surface area contributed by atoms with Gasteiger partial charge in [-0.25, -0.2) is 0 Å². The lowest BCUT2D eigenvalue weighted by molar-refractivity contribution is -0.118. The van der Waals surface area contributed by atoms with Gasteiger partial charge in [-0.05, 0) is 36.5 Å². The predicted octanol–water partition coefficient (Wildman–Crippen LogP) is 4.94. The quantitative estimate of drug-likeness (QED) is 0.741. The van der Waals surface area contributed by atoms with Gasteiger partial charge in [0.05, 0.1) is 12.8 Å². The molecule has 0 fully saturated rings. The fraction of sp³-hybridized carbons (Fsp3) is 0.308. The van der Waals surface area contributed by atoms with Crippen LogP contribution in [-0.4, -0.2) is 18.8 Å². The highest BCUT2D eigenvalue weighted by molar-refractivity contribution is 6.10. The molecular formula is C26H28N2O3. The van der Waals surface area contributed by atoms with Crippen LogP contribution in [0.25, 0.3) is 0 Å². The largest absolute Gasteiger partial charge is 0.495 e. The van der Waals surface area contributed by atoms with Gasteiger partial charge < -0.3 is 15.4 Å². The normalized spacial score (nSPS) is 20.1. The molecule has 2 N–H and O–H groups in total.